The van der Waals surface area contributed by atoms with Gasteiger partial charge in [0.25, 0.3) is 0 Å². The number of rotatable bonds is 2. The van der Waals surface area contributed by atoms with Crippen molar-refractivity contribution in [2.24, 2.45) is 5.14 Å². The zero-order chi connectivity index (χ0) is 6.62. The van der Waals surface area contributed by atoms with Crippen LogP contribution in [-0.2, 0) is 14.5 Å². The molecule has 0 unspecified atom stereocenters. The minimum atomic E-state index is -3.84. The van der Waals surface area contributed by atoms with Crippen LogP contribution in [0, 0.1) is 0 Å². The van der Waals surface area contributed by atoms with Crippen molar-refractivity contribution < 1.29 is 12.6 Å². The van der Waals surface area contributed by atoms with Crippen molar-refractivity contribution in [3.8, 4) is 0 Å². The Morgan fingerprint density at radius 2 is 2.25 bits per heavy atom. The van der Waals surface area contributed by atoms with Gasteiger partial charge in [-0.3, -0.25) is 0 Å². The predicted octanol–water partition coefficient (Wildman–Crippen LogP) is -0.495. The lowest BCUT2D eigenvalue weighted by Crippen LogP contribution is -2.12. The molecule has 2 N–H and O–H groups in total. The van der Waals surface area contributed by atoms with E-state index in [4.69, 9.17) is 0 Å². The molecule has 0 fully saturated rings. The molecule has 0 aliphatic rings. The van der Waals surface area contributed by atoms with Gasteiger partial charge >= 0.3 is 10.3 Å². The van der Waals surface area contributed by atoms with Gasteiger partial charge in [-0.2, -0.15) is 13.6 Å². The van der Waals surface area contributed by atoms with E-state index in [1.807, 2.05) is 0 Å². The minimum Gasteiger partial charge on any atom is -0.370 e. The largest absolute Gasteiger partial charge is 0.380 e. The van der Waals surface area contributed by atoms with Crippen LogP contribution >= 0.6 is 0 Å². The molecule has 0 radical (unpaired) electrons. The third-order valence-electron chi connectivity index (χ3n) is 0.266. The quantitative estimate of drug-likeness (QED) is 0.410. The van der Waals surface area contributed by atoms with Gasteiger partial charge in [0.2, 0.25) is 0 Å². The molecule has 0 aliphatic carbocycles. The van der Waals surface area contributed by atoms with Crippen molar-refractivity contribution in [1.82, 2.24) is 0 Å². The normalized spacial score (nSPS) is 9.62. The Kier molecular flexibility index (Phi) is 2.27. The highest BCUT2D eigenvalue weighted by molar-refractivity contribution is 7.84. The Morgan fingerprint density at radius 3 is 2.38 bits per heavy atom. The first-order valence-corrected chi connectivity index (χ1v) is 3.09. The van der Waals surface area contributed by atoms with Gasteiger partial charge < -0.3 is 4.18 Å². The van der Waals surface area contributed by atoms with Crippen molar-refractivity contribution in [3.63, 3.8) is 0 Å². The first-order valence-electron chi connectivity index (χ1n) is 1.61. The highest BCUT2D eigenvalue weighted by Crippen LogP contribution is 1.78. The van der Waals surface area contributed by atoms with Gasteiger partial charge in [0.1, 0.15) is 6.26 Å². The van der Waals surface area contributed by atoms with Crippen molar-refractivity contribution in [2.75, 3.05) is 0 Å². The first-order chi connectivity index (χ1) is 3.56. The molecule has 0 atom stereocenters. The summed E-state index contributed by atoms with van der Waals surface area (Å²) in [5.41, 5.74) is 2.07. The molecule has 0 bridgehead atoms. The third kappa shape index (κ3) is 5.23. The van der Waals surface area contributed by atoms with Crippen LogP contribution in [-0.4, -0.2) is 8.42 Å². The maximum Gasteiger partial charge on any atom is 0.380 e. The molecule has 0 aliphatic heterocycles. The number of hydrogen-bond donors (Lipinski definition) is 1. The summed E-state index contributed by atoms with van der Waals surface area (Å²) >= 11 is 0. The van der Waals surface area contributed by atoms with Crippen molar-refractivity contribution in [3.05, 3.63) is 18.6 Å². The van der Waals surface area contributed by atoms with Gasteiger partial charge in [-0.25, -0.2) is 0 Å². The van der Waals surface area contributed by atoms with Gasteiger partial charge in [-0.05, 0) is 0 Å². The molecule has 0 aromatic rings. The van der Waals surface area contributed by atoms with Crippen LogP contribution in [0.15, 0.2) is 18.6 Å². The van der Waals surface area contributed by atoms with E-state index in [9.17, 15) is 8.42 Å². The predicted molar refractivity (Wildman–Crippen MR) is 27.9 cm³/mol. The third-order valence-corrected chi connectivity index (χ3v) is 0.630. The fourth-order valence-corrected chi connectivity index (χ4v) is 0.303. The molecule has 8 heavy (non-hydrogen) atoms. The summed E-state index contributed by atoms with van der Waals surface area (Å²) in [5, 5.41) is 4.37. The lowest BCUT2D eigenvalue weighted by molar-refractivity contribution is 0.445. The Balaban J connectivity index is 3.94. The fourth-order valence-electron chi connectivity index (χ4n) is 0.101. The van der Waals surface area contributed by atoms with E-state index in [1.54, 1.807) is 0 Å². The Hall–Kier alpha value is -0.770. The zero-order valence-corrected chi connectivity index (χ0v) is 4.81. The van der Waals surface area contributed by atoms with Crippen LogP contribution in [0.5, 0.6) is 0 Å². The second-order valence-electron chi connectivity index (χ2n) is 0.911. The molecule has 0 aromatic carbocycles. The van der Waals surface area contributed by atoms with Crippen LogP contribution in [0.1, 0.15) is 0 Å². The molecular formula is C3H5NO3S. The standard InChI is InChI=1S/C3H5NO3S/c1-2-3-7-8(4,5)6/h3H,1H2,(H2,4,5,6). The highest BCUT2D eigenvalue weighted by atomic mass is 32.2. The van der Waals surface area contributed by atoms with Crippen molar-refractivity contribution in [1.29, 1.82) is 0 Å². The lowest BCUT2D eigenvalue weighted by atomic mass is 11.0. The molecule has 0 heterocycles. The van der Waals surface area contributed by atoms with Gasteiger partial charge in [0, 0.05) is 0 Å². The summed E-state index contributed by atoms with van der Waals surface area (Å²) in [5.74, 6) is 0. The summed E-state index contributed by atoms with van der Waals surface area (Å²) in [6.45, 7) is 3.04. The van der Waals surface area contributed by atoms with Crippen molar-refractivity contribution in [2.45, 2.75) is 0 Å². The second kappa shape index (κ2) is 2.52. The minimum absolute atomic E-state index is 0.759. The smallest absolute Gasteiger partial charge is 0.370 e. The highest BCUT2D eigenvalue weighted by Gasteiger charge is 1.94. The average molecular weight is 135 g/mol. The Bertz CT molecular complexity index is 199. The summed E-state index contributed by atoms with van der Waals surface area (Å²) in [6.07, 6.45) is 0.759. The summed E-state index contributed by atoms with van der Waals surface area (Å²) in [4.78, 5) is 0. The number of nitrogens with two attached hydrogens (primary N) is 1. The van der Waals surface area contributed by atoms with Crippen LogP contribution in [0.25, 0.3) is 0 Å². The molecule has 46 valence electrons. The Morgan fingerprint density at radius 1 is 1.75 bits per heavy atom. The summed E-state index contributed by atoms with van der Waals surface area (Å²) < 4.78 is 23.5. The molecule has 5 heteroatoms. The van der Waals surface area contributed by atoms with Gasteiger partial charge in [0.15, 0.2) is 0 Å². The van der Waals surface area contributed by atoms with Crippen LogP contribution in [0.2, 0.25) is 0 Å². The van der Waals surface area contributed by atoms with E-state index in [0.29, 0.717) is 0 Å². The number of hydrogen-bond acceptors (Lipinski definition) is 3. The maximum absolute atomic E-state index is 9.85. The van der Waals surface area contributed by atoms with E-state index >= 15 is 0 Å². The molecule has 0 saturated heterocycles. The first kappa shape index (κ1) is 7.23. The second-order valence-corrected chi connectivity index (χ2v) is 2.09. The molecule has 0 spiro atoms. The molecule has 0 aromatic heterocycles. The van der Waals surface area contributed by atoms with Gasteiger partial charge in [-0.15, -0.1) is 0 Å². The van der Waals surface area contributed by atoms with E-state index in [-0.39, 0.29) is 0 Å². The van der Waals surface area contributed by atoms with Crippen molar-refractivity contribution >= 4 is 10.3 Å². The van der Waals surface area contributed by atoms with Crippen LogP contribution in [0.3, 0.4) is 0 Å². The van der Waals surface area contributed by atoms with Crippen LogP contribution < -0.4 is 5.14 Å². The van der Waals surface area contributed by atoms with E-state index in [0.717, 1.165) is 6.26 Å². The van der Waals surface area contributed by atoms with Gasteiger partial charge in [-0.1, -0.05) is 12.3 Å². The maximum atomic E-state index is 9.85. The average Bonchev–Trinajstić information content (AvgIpc) is 1.59. The fraction of sp³-hybridized carbons (Fsp3) is 0. The lowest BCUT2D eigenvalue weighted by Gasteiger charge is -1.88. The van der Waals surface area contributed by atoms with E-state index in [1.165, 1.54) is 0 Å². The summed E-state index contributed by atoms with van der Waals surface area (Å²) in [7, 11) is -3.84. The molecule has 0 rings (SSSR count). The summed E-state index contributed by atoms with van der Waals surface area (Å²) in [6, 6.07) is 0. The monoisotopic (exact) mass is 135 g/mol. The van der Waals surface area contributed by atoms with E-state index in [2.05, 4.69) is 21.6 Å². The Labute approximate surface area is 47.5 Å². The molecule has 4 nitrogen and oxygen atoms in total. The van der Waals surface area contributed by atoms with Crippen LogP contribution in [0.4, 0.5) is 0 Å². The topological polar surface area (TPSA) is 69.4 Å². The van der Waals surface area contributed by atoms with E-state index < -0.39 is 10.3 Å². The van der Waals surface area contributed by atoms with Gasteiger partial charge in [0.05, 0.1) is 0 Å². The molecule has 0 saturated carbocycles. The molecule has 0 amide bonds. The molecular weight excluding hydrogens is 130 g/mol. The SMILES string of the molecule is C=C=COS(N)(=O)=O. The zero-order valence-electron chi connectivity index (χ0n) is 3.99.